The maximum atomic E-state index is 12.6. The van der Waals surface area contributed by atoms with Gasteiger partial charge in [-0.05, 0) is 67.0 Å². The summed E-state index contributed by atoms with van der Waals surface area (Å²) < 4.78 is 38.3. The fourth-order valence-electron chi connectivity index (χ4n) is 2.10. The molecule has 6 nitrogen and oxygen atoms in total. The van der Waals surface area contributed by atoms with Gasteiger partial charge in [-0.25, -0.2) is 17.9 Å². The number of ether oxygens (including phenoxy) is 1. The number of nitrogens with one attached hydrogen (secondary N) is 1. The van der Waals surface area contributed by atoms with Crippen LogP contribution in [0, 0.1) is 6.92 Å². The van der Waals surface area contributed by atoms with Gasteiger partial charge in [0.1, 0.15) is 11.5 Å². The summed E-state index contributed by atoms with van der Waals surface area (Å²) in [6.45, 7) is 5.43. The van der Waals surface area contributed by atoms with Crippen LogP contribution in [-0.2, 0) is 14.8 Å². The largest absolute Gasteiger partial charge is 0.465 e. The Hall–Kier alpha value is -1.64. The van der Waals surface area contributed by atoms with Gasteiger partial charge in [0.2, 0.25) is 10.0 Å². The zero-order chi connectivity index (χ0) is 17.9. The van der Waals surface area contributed by atoms with E-state index in [1.54, 1.807) is 32.9 Å². The molecular formula is C16H18BrNO5S. The SMILES string of the molecule is CCOC(=O)c1ccc(S(=O)(=O)N[C@H](C)c2ccc(C)o2)c(Br)c1. The van der Waals surface area contributed by atoms with Crippen molar-refractivity contribution >= 4 is 31.9 Å². The van der Waals surface area contributed by atoms with E-state index in [0.29, 0.717) is 11.5 Å². The zero-order valence-electron chi connectivity index (χ0n) is 13.5. The second-order valence-corrected chi connectivity index (χ2v) is 7.69. The first-order valence-corrected chi connectivity index (χ1v) is 9.57. The molecule has 1 aromatic carbocycles. The molecule has 0 amide bonds. The maximum Gasteiger partial charge on any atom is 0.338 e. The number of benzene rings is 1. The average molecular weight is 416 g/mol. The van der Waals surface area contributed by atoms with Crippen molar-refractivity contribution in [1.29, 1.82) is 0 Å². The van der Waals surface area contributed by atoms with Crippen LogP contribution < -0.4 is 4.72 Å². The summed E-state index contributed by atoms with van der Waals surface area (Å²) in [6.07, 6.45) is 0. The second kappa shape index (κ2) is 7.50. The molecule has 1 aromatic heterocycles. The minimum atomic E-state index is -3.79. The molecule has 0 aliphatic carbocycles. The quantitative estimate of drug-likeness (QED) is 0.728. The molecule has 2 rings (SSSR count). The van der Waals surface area contributed by atoms with Crippen LogP contribution in [0.5, 0.6) is 0 Å². The molecule has 130 valence electrons. The molecule has 0 unspecified atom stereocenters. The van der Waals surface area contributed by atoms with Crippen molar-refractivity contribution in [2.24, 2.45) is 0 Å². The van der Waals surface area contributed by atoms with E-state index in [0.717, 1.165) is 0 Å². The van der Waals surface area contributed by atoms with Crippen molar-refractivity contribution in [1.82, 2.24) is 4.72 Å². The Kier molecular flexibility index (Phi) is 5.84. The third-order valence-corrected chi connectivity index (χ3v) is 5.77. The van der Waals surface area contributed by atoms with Crippen LogP contribution in [0.3, 0.4) is 0 Å². The van der Waals surface area contributed by atoms with E-state index in [9.17, 15) is 13.2 Å². The number of rotatable bonds is 6. The Bertz CT molecular complexity index is 844. The Morgan fingerprint density at radius 3 is 2.58 bits per heavy atom. The molecule has 8 heteroatoms. The van der Waals surface area contributed by atoms with E-state index in [2.05, 4.69) is 20.7 Å². The summed E-state index contributed by atoms with van der Waals surface area (Å²) in [5.41, 5.74) is 0.275. The average Bonchev–Trinajstić information content (AvgIpc) is 2.93. The highest BCUT2D eigenvalue weighted by Crippen LogP contribution is 2.26. The van der Waals surface area contributed by atoms with E-state index < -0.39 is 22.0 Å². The van der Waals surface area contributed by atoms with Crippen molar-refractivity contribution < 1.29 is 22.4 Å². The van der Waals surface area contributed by atoms with Gasteiger partial charge in [0.15, 0.2) is 0 Å². The predicted molar refractivity (Wildman–Crippen MR) is 92.3 cm³/mol. The number of furan rings is 1. The third kappa shape index (κ3) is 4.25. The predicted octanol–water partition coefficient (Wildman–Crippen LogP) is 3.57. The van der Waals surface area contributed by atoms with Crippen molar-refractivity contribution in [2.75, 3.05) is 6.61 Å². The second-order valence-electron chi connectivity index (χ2n) is 5.16. The van der Waals surface area contributed by atoms with Crippen LogP contribution in [0.2, 0.25) is 0 Å². The maximum absolute atomic E-state index is 12.6. The van der Waals surface area contributed by atoms with Crippen molar-refractivity contribution in [3.63, 3.8) is 0 Å². The molecule has 0 saturated carbocycles. The van der Waals surface area contributed by atoms with Gasteiger partial charge < -0.3 is 9.15 Å². The van der Waals surface area contributed by atoms with Crippen molar-refractivity contribution in [3.05, 3.63) is 51.9 Å². The fraction of sp³-hybridized carbons (Fsp3) is 0.312. The normalized spacial score (nSPS) is 12.8. The first-order valence-electron chi connectivity index (χ1n) is 7.30. The van der Waals surface area contributed by atoms with Crippen molar-refractivity contribution in [2.45, 2.75) is 31.7 Å². The summed E-state index contributed by atoms with van der Waals surface area (Å²) >= 11 is 3.20. The van der Waals surface area contributed by atoms with E-state index in [-0.39, 0.29) is 21.5 Å². The summed E-state index contributed by atoms with van der Waals surface area (Å²) in [7, 11) is -3.79. The molecule has 0 saturated heterocycles. The lowest BCUT2D eigenvalue weighted by atomic mass is 10.2. The summed E-state index contributed by atoms with van der Waals surface area (Å²) in [4.78, 5) is 11.7. The van der Waals surface area contributed by atoms with Gasteiger partial charge >= 0.3 is 5.97 Å². The number of esters is 1. The molecule has 0 aliphatic heterocycles. The van der Waals surface area contributed by atoms with Crippen LogP contribution in [0.1, 0.15) is 41.8 Å². The minimum absolute atomic E-state index is 0.0330. The van der Waals surface area contributed by atoms with Crippen LogP contribution >= 0.6 is 15.9 Å². The number of carbonyl (C=O) groups excluding carboxylic acids is 1. The van der Waals surface area contributed by atoms with Gasteiger partial charge in [-0.15, -0.1) is 0 Å². The van der Waals surface area contributed by atoms with Gasteiger partial charge in [0, 0.05) is 4.47 Å². The van der Waals surface area contributed by atoms with Crippen molar-refractivity contribution in [3.8, 4) is 0 Å². The molecule has 1 heterocycles. The highest BCUT2D eigenvalue weighted by Gasteiger charge is 2.23. The molecule has 0 radical (unpaired) electrons. The molecule has 0 bridgehead atoms. The smallest absolute Gasteiger partial charge is 0.338 e. The van der Waals surface area contributed by atoms with Gasteiger partial charge in [0.05, 0.1) is 23.1 Å². The van der Waals surface area contributed by atoms with E-state index in [4.69, 9.17) is 9.15 Å². The lowest BCUT2D eigenvalue weighted by Gasteiger charge is -2.14. The van der Waals surface area contributed by atoms with Gasteiger partial charge in [-0.3, -0.25) is 0 Å². The van der Waals surface area contributed by atoms with Crippen LogP contribution in [0.25, 0.3) is 0 Å². The topological polar surface area (TPSA) is 85.6 Å². The van der Waals surface area contributed by atoms with Gasteiger partial charge in [-0.2, -0.15) is 0 Å². The first-order chi connectivity index (χ1) is 11.2. The molecule has 0 fully saturated rings. The first kappa shape index (κ1) is 18.7. The lowest BCUT2D eigenvalue weighted by molar-refractivity contribution is 0.0526. The number of hydrogen-bond donors (Lipinski definition) is 1. The third-order valence-electron chi connectivity index (χ3n) is 3.25. The monoisotopic (exact) mass is 415 g/mol. The summed E-state index contributed by atoms with van der Waals surface area (Å²) in [6, 6.07) is 7.16. The molecular weight excluding hydrogens is 398 g/mol. The van der Waals surface area contributed by atoms with Crippen LogP contribution in [0.15, 0.2) is 44.1 Å². The highest BCUT2D eigenvalue weighted by atomic mass is 79.9. The Balaban J connectivity index is 2.24. The summed E-state index contributed by atoms with van der Waals surface area (Å²) in [5, 5.41) is 0. The lowest BCUT2D eigenvalue weighted by Crippen LogP contribution is -2.27. The van der Waals surface area contributed by atoms with Crippen LogP contribution in [0.4, 0.5) is 0 Å². The molecule has 1 atom stereocenters. The molecule has 2 aromatic rings. The minimum Gasteiger partial charge on any atom is -0.465 e. The summed E-state index contributed by atoms with van der Waals surface area (Å²) in [5.74, 6) is 0.723. The molecule has 24 heavy (non-hydrogen) atoms. The molecule has 0 spiro atoms. The van der Waals surface area contributed by atoms with Crippen LogP contribution in [-0.4, -0.2) is 21.0 Å². The molecule has 1 N–H and O–H groups in total. The standard InChI is InChI=1S/C16H18BrNO5S/c1-4-22-16(19)12-6-8-15(13(17)9-12)24(20,21)18-11(3)14-7-5-10(2)23-14/h5-9,11,18H,4H2,1-3H3/t11-/m1/s1. The van der Waals surface area contributed by atoms with E-state index >= 15 is 0 Å². The molecule has 0 aliphatic rings. The Labute approximate surface area is 149 Å². The van der Waals surface area contributed by atoms with Gasteiger partial charge in [-0.1, -0.05) is 0 Å². The highest BCUT2D eigenvalue weighted by molar-refractivity contribution is 9.10. The zero-order valence-corrected chi connectivity index (χ0v) is 15.9. The number of aryl methyl sites for hydroxylation is 1. The number of hydrogen-bond acceptors (Lipinski definition) is 5. The number of halogens is 1. The van der Waals surface area contributed by atoms with E-state index in [1.165, 1.54) is 18.2 Å². The number of carbonyl (C=O) groups is 1. The fourth-order valence-corrected chi connectivity index (χ4v) is 4.39. The number of sulfonamides is 1. The Morgan fingerprint density at radius 2 is 2.04 bits per heavy atom. The van der Waals surface area contributed by atoms with Gasteiger partial charge in [0.25, 0.3) is 0 Å². The van der Waals surface area contributed by atoms with E-state index in [1.807, 2.05) is 0 Å². The Morgan fingerprint density at radius 1 is 1.33 bits per heavy atom.